The normalized spacial score (nSPS) is 23.6. The fourth-order valence-corrected chi connectivity index (χ4v) is 24.8. The average molecular weight is 1780 g/mol. The van der Waals surface area contributed by atoms with Crippen molar-refractivity contribution in [1.82, 2.24) is 19.9 Å². The number of benzene rings is 4. The summed E-state index contributed by atoms with van der Waals surface area (Å²) in [5.74, 6) is 0.304. The van der Waals surface area contributed by atoms with Crippen molar-refractivity contribution < 1.29 is 49.6 Å². The molecule has 23 rings (SSSR count). The van der Waals surface area contributed by atoms with Gasteiger partial charge in [0, 0.05) is 127 Å². The SMILES string of the molecule is [2H]C([2H])([2H])c1c[n+](C)c(-c2c(C)ccc3c2oc2nc(C)ccc23)cc1C1([2H])CCC(C2CCCCC2)CC1.[2H]C([2H])([2H])c1c[n+](C)c(-c2c(C)ccc3c2oc2nc(C)ccc23)cc1C1([2H])CCCCC1.[2H]C1(c2cc[n+](C)c(-c3c(C)ccc4c3oc3nc(C)ccc34)c2)CCC(C2CCC(C)(C)CC2)CC1.[2H]C1(c2cc[n+](C)c(-c3c(C)ccc4c3oc3nc(C)ccc34)c2)CCC2(CCCCC2)CC1. The van der Waals surface area contributed by atoms with Crippen LogP contribution in [0.1, 0.15) is 329 Å². The number of rotatable bonds is 10. The molecule has 12 heterocycles. The lowest BCUT2D eigenvalue weighted by Crippen LogP contribution is -2.32. The lowest BCUT2D eigenvalue weighted by Gasteiger charge is -2.43. The Morgan fingerprint density at radius 3 is 0.970 bits per heavy atom. The lowest BCUT2D eigenvalue weighted by atomic mass is 9.62. The van der Waals surface area contributed by atoms with Gasteiger partial charge in [-0.05, 0) is 349 Å². The summed E-state index contributed by atoms with van der Waals surface area (Å²) in [4.78, 5) is 18.5. The Hall–Kier alpha value is -10.7. The van der Waals surface area contributed by atoms with Crippen LogP contribution in [0.2, 0.25) is 0 Å². The van der Waals surface area contributed by atoms with E-state index in [4.69, 9.17) is 25.9 Å². The van der Waals surface area contributed by atoms with Crippen LogP contribution in [0.5, 0.6) is 0 Å². The molecule has 133 heavy (non-hydrogen) atoms. The van der Waals surface area contributed by atoms with Gasteiger partial charge in [-0.15, -0.1) is 0 Å². The van der Waals surface area contributed by atoms with Gasteiger partial charge in [-0.1, -0.05) is 133 Å². The van der Waals surface area contributed by atoms with Crippen LogP contribution < -0.4 is 18.3 Å². The summed E-state index contributed by atoms with van der Waals surface area (Å²) in [7, 11) is 7.96. The van der Waals surface area contributed by atoms with Crippen LogP contribution in [0.3, 0.4) is 0 Å². The first kappa shape index (κ1) is 78.6. The number of hydrogen-bond acceptors (Lipinski definition) is 8. The number of furan rings is 4. The summed E-state index contributed by atoms with van der Waals surface area (Å²) in [5.41, 5.74) is 27.2. The van der Waals surface area contributed by atoms with Gasteiger partial charge in [0.15, 0.2) is 47.1 Å². The molecule has 0 bridgehead atoms. The highest BCUT2D eigenvalue weighted by atomic mass is 16.4. The molecular weight excluding hydrogens is 1630 g/mol. The van der Waals surface area contributed by atoms with E-state index in [0.29, 0.717) is 82.0 Å². The molecule has 1 spiro atoms. The quantitative estimate of drug-likeness (QED) is 0.124. The van der Waals surface area contributed by atoms with Gasteiger partial charge in [0.1, 0.15) is 28.2 Å². The standard InChI is InChI=1S/C33H41N2O.C32H39N2O.C30H35N2O.C26H29N2O/c1-21-6-12-27-28-13-7-22(2)34-32(28)36-31(27)30(21)29-20-26(16-19-35(29)5)24-10-8-23(9-11-24)25-14-17-33(3,4)18-15-25;1-20-10-16-26-27-17-11-22(3)33-32(27)35-31(26)30(20)29-18-28(21(2)19-34(29)4)25-14-12-24(13-15-25)23-8-6-5-7-9-23;1-20-7-9-24-25-10-8-21(2)31-29(25)33-28(24)27(20)26-19-23(13-18-32(26)3)22-11-16-30(17-12-22)14-5-4-6-15-30;1-16-10-12-20-21-13-11-18(3)27-26(21)29-25(20)24(16)23-14-22(17(2)15-28(23)4)19-8-6-5-7-9-19/h6-7,12-13,16,19-20,23-25H,8-11,14-15,17-18H2,1-5H3;10-11,16-19,23-25H,5-9,12-15H2,1-4H3;7-10,13,18-19,22H,4-6,11-12,14-17H2,1-3H3;10-15,19H,5-9H2,1-4H3/q4*+1/i24D;2D3,25D;22D;2D3,19D. The largest absolute Gasteiger partial charge is 0.437 e. The molecule has 4 aromatic carbocycles. The number of nitrogens with zero attached hydrogens (tertiary/aromatic N) is 8. The Kier molecular flexibility index (Phi) is 22.2. The van der Waals surface area contributed by atoms with E-state index in [1.807, 2.05) is 100 Å². The number of fused-ring (bicyclic) bond motifs is 12. The van der Waals surface area contributed by atoms with Crippen molar-refractivity contribution in [2.24, 2.45) is 62.7 Å². The first-order chi connectivity index (χ1) is 68.1. The highest BCUT2D eigenvalue weighted by Gasteiger charge is 2.40. The van der Waals surface area contributed by atoms with Crippen molar-refractivity contribution in [2.75, 3.05) is 0 Å². The topological polar surface area (TPSA) is 120 Å². The summed E-state index contributed by atoms with van der Waals surface area (Å²) in [6.07, 6.45) is 43.2. The average Bonchev–Trinajstić information content (AvgIpc) is 1.70. The predicted molar refractivity (Wildman–Crippen MR) is 544 cm³/mol. The van der Waals surface area contributed by atoms with E-state index >= 15 is 0 Å². The third kappa shape index (κ3) is 18.0. The smallest absolute Gasteiger partial charge is 0.227 e. The number of aryl methyl sites for hydroxylation is 14. The second-order valence-corrected chi connectivity index (χ2v) is 42.3. The minimum atomic E-state index is -2.29. The van der Waals surface area contributed by atoms with Gasteiger partial charge in [-0.25, -0.2) is 38.2 Å². The number of hydrogen-bond donors (Lipinski definition) is 0. The molecule has 7 aliphatic rings. The van der Waals surface area contributed by atoms with Crippen LogP contribution in [0, 0.1) is 104 Å². The van der Waals surface area contributed by atoms with E-state index in [9.17, 15) is 5.48 Å². The second kappa shape index (κ2) is 37.5. The molecule has 16 aromatic rings. The lowest BCUT2D eigenvalue weighted by molar-refractivity contribution is -0.660. The molecule has 0 aliphatic heterocycles. The maximum Gasteiger partial charge on any atom is 0.227 e. The summed E-state index contributed by atoms with van der Waals surface area (Å²) in [5, 5.41) is 8.23. The molecule has 0 unspecified atom stereocenters. The van der Waals surface area contributed by atoms with Crippen molar-refractivity contribution in [1.29, 1.82) is 0 Å². The molecule has 0 N–H and O–H groups in total. The van der Waals surface area contributed by atoms with Gasteiger partial charge >= 0.3 is 0 Å². The third-order valence-electron chi connectivity index (χ3n) is 32.8. The van der Waals surface area contributed by atoms with Gasteiger partial charge in [-0.2, -0.15) is 0 Å². The highest BCUT2D eigenvalue weighted by molar-refractivity contribution is 6.12. The molecule has 7 saturated carbocycles. The van der Waals surface area contributed by atoms with Gasteiger partial charge in [0.25, 0.3) is 0 Å². The molecule has 7 fully saturated rings. The first-order valence-corrected chi connectivity index (χ1v) is 50.4. The van der Waals surface area contributed by atoms with E-state index in [2.05, 4.69) is 181 Å². The minimum Gasteiger partial charge on any atom is -0.437 e. The van der Waals surface area contributed by atoms with Crippen molar-refractivity contribution >= 4 is 88.3 Å². The Labute approximate surface area is 803 Å². The molecule has 12 nitrogen and oxygen atoms in total. The Morgan fingerprint density at radius 2 is 0.602 bits per heavy atom. The zero-order valence-corrected chi connectivity index (χ0v) is 81.5. The molecule has 0 saturated heterocycles. The van der Waals surface area contributed by atoms with Crippen LogP contribution in [0.4, 0.5) is 0 Å². The van der Waals surface area contributed by atoms with E-state index in [-0.39, 0.29) is 5.56 Å². The number of aromatic nitrogens is 8. The van der Waals surface area contributed by atoms with Crippen LogP contribution in [-0.2, 0) is 28.2 Å². The summed E-state index contributed by atoms with van der Waals surface area (Å²) in [6.45, 7) is 16.6. The fourth-order valence-electron chi connectivity index (χ4n) is 24.8. The monoisotopic (exact) mass is 1780 g/mol. The molecule has 12 heteroatoms. The minimum absolute atomic E-state index is 0.275. The van der Waals surface area contributed by atoms with Crippen LogP contribution in [0.15, 0.2) is 176 Å². The summed E-state index contributed by atoms with van der Waals surface area (Å²) < 4.78 is 121. The molecule has 688 valence electrons. The van der Waals surface area contributed by atoms with Gasteiger partial charge < -0.3 is 17.7 Å². The molecule has 0 amide bonds. The Balaban J connectivity index is 0.000000117. The van der Waals surface area contributed by atoms with Crippen molar-refractivity contribution in [2.45, 2.75) is 306 Å². The van der Waals surface area contributed by atoms with Crippen LogP contribution >= 0.6 is 0 Å². The van der Waals surface area contributed by atoms with Crippen LogP contribution in [-0.4, -0.2) is 19.9 Å². The van der Waals surface area contributed by atoms with E-state index in [1.165, 1.54) is 127 Å². The predicted octanol–water partition coefficient (Wildman–Crippen LogP) is 31.0. The molecule has 12 aromatic heterocycles. The Morgan fingerprint density at radius 1 is 0.293 bits per heavy atom. The van der Waals surface area contributed by atoms with E-state index < -0.39 is 37.3 Å². The van der Waals surface area contributed by atoms with Crippen molar-refractivity contribution in [3.05, 3.63) is 237 Å². The van der Waals surface area contributed by atoms with Crippen molar-refractivity contribution in [3.63, 3.8) is 0 Å². The fraction of sp³-hybridized carbons (Fsp3) is 0.471. The molecule has 0 radical (unpaired) electrons. The van der Waals surface area contributed by atoms with Gasteiger partial charge in [0.2, 0.25) is 45.6 Å². The second-order valence-electron chi connectivity index (χ2n) is 42.3. The van der Waals surface area contributed by atoms with E-state index in [1.54, 1.807) is 12.4 Å². The first-order valence-electron chi connectivity index (χ1n) is 55.4. The Bertz CT molecular complexity index is 7550. The maximum atomic E-state index is 9.65. The zero-order chi connectivity index (χ0) is 101. The van der Waals surface area contributed by atoms with Gasteiger partial charge in [-0.3, -0.25) is 0 Å². The summed E-state index contributed by atoms with van der Waals surface area (Å²) >= 11 is 0. The molecular formula is C121H144N8O4+4. The van der Waals surface area contributed by atoms with Crippen LogP contribution in [0.25, 0.3) is 133 Å². The molecule has 0 atom stereocenters. The van der Waals surface area contributed by atoms with Gasteiger partial charge in [0.05, 0.1) is 22.3 Å². The van der Waals surface area contributed by atoms with Crippen molar-refractivity contribution in [3.8, 4) is 45.0 Å². The highest BCUT2D eigenvalue weighted by Crippen LogP contribution is 2.54. The zero-order valence-electron chi connectivity index (χ0n) is 91.5. The third-order valence-corrected chi connectivity index (χ3v) is 32.8. The van der Waals surface area contributed by atoms with E-state index in [0.717, 1.165) is 231 Å². The summed E-state index contributed by atoms with van der Waals surface area (Å²) in [6, 6.07) is 46.2. The maximum absolute atomic E-state index is 9.65. The number of pyridine rings is 8. The molecule has 7 aliphatic carbocycles.